The Kier molecular flexibility index (Phi) is 3.86. The Balaban J connectivity index is 1.54. The van der Waals surface area contributed by atoms with Gasteiger partial charge in [-0.25, -0.2) is 0 Å². The third-order valence-corrected chi connectivity index (χ3v) is 5.90. The molecule has 120 valence electrons. The molecule has 1 saturated carbocycles. The first-order valence-corrected chi connectivity index (χ1v) is 8.83. The summed E-state index contributed by atoms with van der Waals surface area (Å²) in [5.41, 5.74) is 3.05. The van der Waals surface area contributed by atoms with Gasteiger partial charge in [-0.05, 0) is 60.9 Å². The van der Waals surface area contributed by atoms with Crippen molar-refractivity contribution < 1.29 is 5.11 Å². The van der Waals surface area contributed by atoms with Crippen molar-refractivity contribution in [1.82, 2.24) is 4.90 Å². The molecule has 1 aliphatic carbocycles. The number of phenolic OH excluding ortho intramolecular Hbond substituents is 1. The summed E-state index contributed by atoms with van der Waals surface area (Å²) >= 11 is 0. The van der Waals surface area contributed by atoms with Gasteiger partial charge in [0.1, 0.15) is 5.75 Å². The first kappa shape index (κ1) is 14.8. The zero-order chi connectivity index (χ0) is 15.7. The Bertz CT molecular complexity index is 669. The minimum absolute atomic E-state index is 0.287. The van der Waals surface area contributed by atoms with Crippen molar-refractivity contribution in [3.8, 4) is 5.75 Å². The largest absolute Gasteiger partial charge is 0.508 e. The Morgan fingerprint density at radius 3 is 2.74 bits per heavy atom. The molecule has 2 nitrogen and oxygen atoms in total. The summed E-state index contributed by atoms with van der Waals surface area (Å²) in [7, 11) is 0. The lowest BCUT2D eigenvalue weighted by Gasteiger charge is -2.51. The van der Waals surface area contributed by atoms with Crippen LogP contribution in [0.3, 0.4) is 0 Å². The maximum absolute atomic E-state index is 9.87. The van der Waals surface area contributed by atoms with Gasteiger partial charge in [-0.2, -0.15) is 0 Å². The van der Waals surface area contributed by atoms with Crippen LogP contribution in [0.25, 0.3) is 0 Å². The highest BCUT2D eigenvalue weighted by Gasteiger charge is 2.43. The molecule has 1 N–H and O–H groups in total. The van der Waals surface area contributed by atoms with Gasteiger partial charge in [0.05, 0.1) is 0 Å². The SMILES string of the molecule is Oc1cccc([C@@]23CCCC(C2)N(Cc2ccccc2)CC3)c1. The molecule has 0 amide bonds. The van der Waals surface area contributed by atoms with E-state index in [0.717, 1.165) is 13.1 Å². The molecule has 0 radical (unpaired) electrons. The van der Waals surface area contributed by atoms with Crippen LogP contribution in [0.2, 0.25) is 0 Å². The van der Waals surface area contributed by atoms with Crippen molar-refractivity contribution >= 4 is 0 Å². The average Bonchev–Trinajstić information content (AvgIpc) is 2.59. The average molecular weight is 307 g/mol. The second-order valence-electron chi connectivity index (χ2n) is 7.29. The van der Waals surface area contributed by atoms with Crippen LogP contribution in [0.5, 0.6) is 5.75 Å². The number of piperidine rings is 1. The van der Waals surface area contributed by atoms with E-state index in [1.807, 2.05) is 12.1 Å². The van der Waals surface area contributed by atoms with E-state index in [1.165, 1.54) is 43.2 Å². The van der Waals surface area contributed by atoms with Gasteiger partial charge < -0.3 is 5.11 Å². The molecule has 23 heavy (non-hydrogen) atoms. The lowest BCUT2D eigenvalue weighted by atomic mass is 9.63. The van der Waals surface area contributed by atoms with Gasteiger partial charge in [-0.15, -0.1) is 0 Å². The fraction of sp³-hybridized carbons (Fsp3) is 0.429. The fourth-order valence-electron chi connectivity index (χ4n) is 4.68. The summed E-state index contributed by atoms with van der Waals surface area (Å²) in [6.07, 6.45) is 6.33. The zero-order valence-electron chi connectivity index (χ0n) is 13.6. The molecule has 0 aromatic heterocycles. The highest BCUT2D eigenvalue weighted by molar-refractivity contribution is 5.34. The van der Waals surface area contributed by atoms with E-state index in [0.29, 0.717) is 11.8 Å². The van der Waals surface area contributed by atoms with Crippen molar-refractivity contribution in [2.24, 2.45) is 0 Å². The number of fused-ring (bicyclic) bond motifs is 2. The molecule has 1 aliphatic heterocycles. The summed E-state index contributed by atoms with van der Waals surface area (Å²) in [4.78, 5) is 2.68. The Hall–Kier alpha value is -1.80. The van der Waals surface area contributed by atoms with E-state index in [2.05, 4.69) is 41.3 Å². The van der Waals surface area contributed by atoms with Gasteiger partial charge in [0.25, 0.3) is 0 Å². The number of nitrogens with zero attached hydrogens (tertiary/aromatic N) is 1. The summed E-state index contributed by atoms with van der Waals surface area (Å²) in [6.45, 7) is 2.23. The third kappa shape index (κ3) is 2.88. The van der Waals surface area contributed by atoms with Gasteiger partial charge in [-0.1, -0.05) is 48.9 Å². The molecule has 1 saturated heterocycles. The minimum Gasteiger partial charge on any atom is -0.508 e. The van der Waals surface area contributed by atoms with Crippen molar-refractivity contribution in [3.63, 3.8) is 0 Å². The number of hydrogen-bond acceptors (Lipinski definition) is 2. The molecule has 2 heteroatoms. The molecular formula is C21H25NO. The van der Waals surface area contributed by atoms with E-state index < -0.39 is 0 Å². The Morgan fingerprint density at radius 1 is 1.04 bits per heavy atom. The Labute approximate surface area is 138 Å². The van der Waals surface area contributed by atoms with E-state index in [9.17, 15) is 5.11 Å². The molecule has 1 heterocycles. The van der Waals surface area contributed by atoms with Gasteiger partial charge in [-0.3, -0.25) is 4.90 Å². The molecule has 2 aliphatic rings. The first-order valence-electron chi connectivity index (χ1n) is 8.83. The second kappa shape index (κ2) is 6.01. The Morgan fingerprint density at radius 2 is 1.91 bits per heavy atom. The fourth-order valence-corrected chi connectivity index (χ4v) is 4.68. The van der Waals surface area contributed by atoms with Crippen LogP contribution in [0.15, 0.2) is 54.6 Å². The second-order valence-corrected chi connectivity index (χ2v) is 7.29. The van der Waals surface area contributed by atoms with Crippen molar-refractivity contribution in [3.05, 3.63) is 65.7 Å². The molecule has 2 fully saturated rings. The summed E-state index contributed by atoms with van der Waals surface area (Å²) < 4.78 is 0. The zero-order valence-corrected chi connectivity index (χ0v) is 13.6. The smallest absolute Gasteiger partial charge is 0.115 e. The van der Waals surface area contributed by atoms with E-state index in [1.54, 1.807) is 6.07 Å². The van der Waals surface area contributed by atoms with Crippen LogP contribution in [0.4, 0.5) is 0 Å². The number of hydrogen-bond donors (Lipinski definition) is 1. The van der Waals surface area contributed by atoms with E-state index in [-0.39, 0.29) is 5.41 Å². The molecule has 0 spiro atoms. The summed E-state index contributed by atoms with van der Waals surface area (Å²) in [5, 5.41) is 9.87. The molecule has 2 aromatic rings. The predicted molar refractivity (Wildman–Crippen MR) is 93.5 cm³/mol. The van der Waals surface area contributed by atoms with Gasteiger partial charge >= 0.3 is 0 Å². The van der Waals surface area contributed by atoms with Gasteiger partial charge in [0.2, 0.25) is 0 Å². The number of likely N-dealkylation sites (tertiary alicyclic amines) is 1. The number of rotatable bonds is 3. The summed E-state index contributed by atoms with van der Waals surface area (Å²) in [6, 6.07) is 19.5. The predicted octanol–water partition coefficient (Wildman–Crippen LogP) is 4.48. The lowest BCUT2D eigenvalue weighted by Crippen LogP contribution is -2.51. The van der Waals surface area contributed by atoms with Crippen LogP contribution in [-0.4, -0.2) is 22.6 Å². The standard InChI is InChI=1S/C21H25NO/c23-20-10-4-8-18(14-20)21-11-5-9-19(15-21)22(13-12-21)16-17-6-2-1-3-7-17/h1-4,6-8,10,14,19,23H,5,9,11-13,15-16H2/t19?,21-/m1/s1. The monoisotopic (exact) mass is 307 g/mol. The molecule has 4 rings (SSSR count). The van der Waals surface area contributed by atoms with Crippen LogP contribution in [0.1, 0.15) is 43.2 Å². The molecule has 2 atom stereocenters. The number of phenols is 1. The van der Waals surface area contributed by atoms with Crippen LogP contribution in [-0.2, 0) is 12.0 Å². The number of benzene rings is 2. The highest BCUT2D eigenvalue weighted by atomic mass is 16.3. The lowest BCUT2D eigenvalue weighted by molar-refractivity contribution is 0.0458. The normalized spacial score (nSPS) is 27.7. The maximum Gasteiger partial charge on any atom is 0.115 e. The first-order chi connectivity index (χ1) is 11.3. The highest BCUT2D eigenvalue weighted by Crippen LogP contribution is 2.47. The van der Waals surface area contributed by atoms with Crippen molar-refractivity contribution in [2.45, 2.75) is 50.1 Å². The van der Waals surface area contributed by atoms with Crippen LogP contribution >= 0.6 is 0 Å². The van der Waals surface area contributed by atoms with Crippen molar-refractivity contribution in [1.29, 1.82) is 0 Å². The van der Waals surface area contributed by atoms with Gasteiger partial charge in [0, 0.05) is 12.6 Å². The maximum atomic E-state index is 9.87. The summed E-state index contributed by atoms with van der Waals surface area (Å²) in [5.74, 6) is 0.408. The minimum atomic E-state index is 0.287. The van der Waals surface area contributed by atoms with Crippen LogP contribution in [0, 0.1) is 0 Å². The van der Waals surface area contributed by atoms with Crippen LogP contribution < -0.4 is 0 Å². The topological polar surface area (TPSA) is 23.5 Å². The van der Waals surface area contributed by atoms with E-state index >= 15 is 0 Å². The molecule has 2 aromatic carbocycles. The van der Waals surface area contributed by atoms with Crippen molar-refractivity contribution in [2.75, 3.05) is 6.54 Å². The quantitative estimate of drug-likeness (QED) is 0.904. The van der Waals surface area contributed by atoms with E-state index in [4.69, 9.17) is 0 Å². The molecular weight excluding hydrogens is 282 g/mol. The molecule has 2 bridgehead atoms. The molecule has 1 unspecified atom stereocenters. The third-order valence-electron chi connectivity index (χ3n) is 5.90. The van der Waals surface area contributed by atoms with Gasteiger partial charge in [0.15, 0.2) is 0 Å². The number of aromatic hydroxyl groups is 1.